The van der Waals surface area contributed by atoms with E-state index in [4.69, 9.17) is 14.5 Å². The molecule has 11 nitrogen and oxygen atoms in total. The van der Waals surface area contributed by atoms with Gasteiger partial charge in [0.25, 0.3) is 5.91 Å². The highest BCUT2D eigenvalue weighted by atomic mass is 32.2. The van der Waals surface area contributed by atoms with Crippen molar-refractivity contribution in [3.05, 3.63) is 23.4 Å². The summed E-state index contributed by atoms with van der Waals surface area (Å²) in [5, 5.41) is 2.61. The standard InChI is InChI=1S/C27H39N5O6S/c33-26(20-11-24(19-1-2-19)29-25(12-20)38-17-18-5-9-37-10-6-18)31-13-21-15-32(16-22(21)14-31)27(34)30-39(35,36)23-3-7-28-8-4-23/h11-12,18-19,21-23,28H,1-10,13-17H2,(H,30,34)/t21-,22-/m1/s1. The monoisotopic (exact) mass is 561 g/mol. The fourth-order valence-electron chi connectivity index (χ4n) is 6.31. The third kappa shape index (κ3) is 6.17. The Bertz CT molecular complexity index is 1170. The molecule has 4 saturated heterocycles. The van der Waals surface area contributed by atoms with Crippen molar-refractivity contribution in [1.29, 1.82) is 0 Å². The molecule has 3 amide bonds. The van der Waals surface area contributed by atoms with Gasteiger partial charge in [0.05, 0.1) is 11.9 Å². The lowest BCUT2D eigenvalue weighted by Crippen LogP contribution is -2.48. The Morgan fingerprint density at radius 1 is 0.974 bits per heavy atom. The van der Waals surface area contributed by atoms with E-state index in [1.807, 2.05) is 11.0 Å². The molecule has 1 aliphatic carbocycles. The van der Waals surface area contributed by atoms with Gasteiger partial charge in [-0.1, -0.05) is 0 Å². The highest BCUT2D eigenvalue weighted by Crippen LogP contribution is 2.40. The number of urea groups is 1. The minimum atomic E-state index is -3.70. The molecule has 0 radical (unpaired) electrons. The summed E-state index contributed by atoms with van der Waals surface area (Å²) in [7, 11) is -3.70. The lowest BCUT2D eigenvalue weighted by Gasteiger charge is -2.25. The second-order valence-corrected chi connectivity index (χ2v) is 13.8. The molecule has 214 valence electrons. The predicted octanol–water partition coefficient (Wildman–Crippen LogP) is 1.56. The van der Waals surface area contributed by atoms with E-state index < -0.39 is 21.3 Å². The summed E-state index contributed by atoms with van der Waals surface area (Å²) in [6.07, 6.45) is 5.13. The van der Waals surface area contributed by atoms with Gasteiger partial charge in [0, 0.05) is 74.5 Å². The molecular formula is C27H39N5O6S. The fraction of sp³-hybridized carbons (Fsp3) is 0.741. The zero-order chi connectivity index (χ0) is 27.0. The van der Waals surface area contributed by atoms with Crippen LogP contribution in [-0.4, -0.2) is 99.5 Å². The number of hydrogen-bond acceptors (Lipinski definition) is 8. The Morgan fingerprint density at radius 2 is 1.64 bits per heavy atom. The van der Waals surface area contributed by atoms with Crippen LogP contribution >= 0.6 is 0 Å². The minimum absolute atomic E-state index is 0.0332. The summed E-state index contributed by atoms with van der Waals surface area (Å²) in [6.45, 7) is 5.38. The van der Waals surface area contributed by atoms with Gasteiger partial charge in [-0.15, -0.1) is 0 Å². The molecule has 1 saturated carbocycles. The molecular weight excluding hydrogens is 522 g/mol. The van der Waals surface area contributed by atoms with Gasteiger partial charge in [-0.2, -0.15) is 0 Å². The number of hydrogen-bond donors (Lipinski definition) is 2. The first kappa shape index (κ1) is 26.8. The van der Waals surface area contributed by atoms with E-state index >= 15 is 0 Å². The third-order valence-corrected chi connectivity index (χ3v) is 10.7. The first-order valence-electron chi connectivity index (χ1n) is 14.4. The number of likely N-dealkylation sites (tertiary alicyclic amines) is 2. The van der Waals surface area contributed by atoms with Crippen molar-refractivity contribution in [3.8, 4) is 5.88 Å². The van der Waals surface area contributed by atoms with Crippen LogP contribution in [0, 0.1) is 17.8 Å². The minimum Gasteiger partial charge on any atom is -0.477 e. The van der Waals surface area contributed by atoms with Gasteiger partial charge in [-0.25, -0.2) is 22.9 Å². The van der Waals surface area contributed by atoms with E-state index in [1.54, 1.807) is 11.0 Å². The molecule has 1 aromatic rings. The molecule has 0 aromatic carbocycles. The zero-order valence-corrected chi connectivity index (χ0v) is 23.2. The molecule has 5 aliphatic rings. The van der Waals surface area contributed by atoms with E-state index in [0.29, 0.717) is 82.0 Å². The molecule has 0 unspecified atom stereocenters. The van der Waals surface area contributed by atoms with Crippen LogP contribution in [-0.2, 0) is 14.8 Å². The van der Waals surface area contributed by atoms with Crippen molar-refractivity contribution in [2.24, 2.45) is 17.8 Å². The summed E-state index contributed by atoms with van der Waals surface area (Å²) in [5.74, 6) is 1.59. The van der Waals surface area contributed by atoms with Crippen molar-refractivity contribution in [1.82, 2.24) is 24.8 Å². The van der Waals surface area contributed by atoms with Gasteiger partial charge >= 0.3 is 6.03 Å². The van der Waals surface area contributed by atoms with Crippen LogP contribution in [0.4, 0.5) is 4.79 Å². The summed E-state index contributed by atoms with van der Waals surface area (Å²) >= 11 is 0. The predicted molar refractivity (Wildman–Crippen MR) is 143 cm³/mol. The normalized spacial score (nSPS) is 26.5. The highest BCUT2D eigenvalue weighted by molar-refractivity contribution is 7.90. The third-order valence-electron chi connectivity index (χ3n) is 8.89. The average Bonchev–Trinajstić information content (AvgIpc) is 3.61. The van der Waals surface area contributed by atoms with Crippen LogP contribution in [0.5, 0.6) is 5.88 Å². The molecule has 6 rings (SSSR count). The smallest absolute Gasteiger partial charge is 0.331 e. The molecule has 5 heterocycles. The molecule has 4 aliphatic heterocycles. The van der Waals surface area contributed by atoms with Crippen molar-refractivity contribution in [2.45, 2.75) is 49.7 Å². The van der Waals surface area contributed by atoms with Crippen molar-refractivity contribution < 1.29 is 27.5 Å². The van der Waals surface area contributed by atoms with E-state index in [1.165, 1.54) is 0 Å². The molecule has 0 bridgehead atoms. The highest BCUT2D eigenvalue weighted by Gasteiger charge is 2.44. The number of fused-ring (bicyclic) bond motifs is 1. The number of sulfonamides is 1. The van der Waals surface area contributed by atoms with Gasteiger partial charge in [0.15, 0.2) is 0 Å². The Balaban J connectivity index is 1.06. The van der Waals surface area contributed by atoms with Crippen LogP contribution in [0.2, 0.25) is 0 Å². The van der Waals surface area contributed by atoms with Crippen LogP contribution in [0.3, 0.4) is 0 Å². The maximum atomic E-state index is 13.6. The SMILES string of the molecule is O=C(NS(=O)(=O)C1CCNCC1)N1C[C@H]2CN(C(=O)c3cc(OCC4CCOCC4)nc(C4CC4)c3)C[C@@H]2C1. The zero-order valence-electron chi connectivity index (χ0n) is 22.3. The van der Waals surface area contributed by atoms with Gasteiger partial charge in [0.2, 0.25) is 15.9 Å². The number of aromatic nitrogens is 1. The molecule has 0 spiro atoms. The maximum absolute atomic E-state index is 13.6. The lowest BCUT2D eigenvalue weighted by molar-refractivity contribution is 0.0490. The summed E-state index contributed by atoms with van der Waals surface area (Å²) < 4.78 is 39.2. The Hall–Kier alpha value is -2.44. The Labute approximate surface area is 230 Å². The largest absolute Gasteiger partial charge is 0.477 e. The average molecular weight is 562 g/mol. The van der Waals surface area contributed by atoms with Crippen molar-refractivity contribution >= 4 is 22.0 Å². The maximum Gasteiger partial charge on any atom is 0.331 e. The first-order chi connectivity index (χ1) is 18.9. The Kier molecular flexibility index (Phi) is 7.69. The number of nitrogens with zero attached hydrogens (tertiary/aromatic N) is 3. The van der Waals surface area contributed by atoms with Crippen LogP contribution in [0.15, 0.2) is 12.1 Å². The lowest BCUT2D eigenvalue weighted by atomic mass is 10.0. The quantitative estimate of drug-likeness (QED) is 0.513. The van der Waals surface area contributed by atoms with E-state index in [-0.39, 0.29) is 17.7 Å². The van der Waals surface area contributed by atoms with Gasteiger partial charge < -0.3 is 24.6 Å². The van der Waals surface area contributed by atoms with E-state index in [2.05, 4.69) is 10.0 Å². The summed E-state index contributed by atoms with van der Waals surface area (Å²) in [4.78, 5) is 34.5. The van der Waals surface area contributed by atoms with E-state index in [9.17, 15) is 18.0 Å². The molecule has 2 N–H and O–H groups in total. The summed E-state index contributed by atoms with van der Waals surface area (Å²) in [6, 6.07) is 3.14. The molecule has 1 aromatic heterocycles. The number of nitrogens with one attached hydrogen (secondary N) is 2. The second-order valence-electron chi connectivity index (χ2n) is 11.8. The van der Waals surface area contributed by atoms with Crippen molar-refractivity contribution in [2.75, 3.05) is 59.1 Å². The number of ether oxygens (including phenoxy) is 2. The Morgan fingerprint density at radius 3 is 2.31 bits per heavy atom. The number of amides is 3. The number of piperidine rings is 1. The molecule has 2 atom stereocenters. The van der Waals surface area contributed by atoms with Crippen LogP contribution in [0.1, 0.15) is 60.5 Å². The molecule has 12 heteroatoms. The topological polar surface area (TPSA) is 130 Å². The number of pyridine rings is 1. The van der Waals surface area contributed by atoms with Crippen LogP contribution < -0.4 is 14.8 Å². The van der Waals surface area contributed by atoms with Crippen molar-refractivity contribution in [3.63, 3.8) is 0 Å². The first-order valence-corrected chi connectivity index (χ1v) is 15.9. The summed E-state index contributed by atoms with van der Waals surface area (Å²) in [5.41, 5.74) is 1.54. The fourth-order valence-corrected chi connectivity index (χ4v) is 7.71. The van der Waals surface area contributed by atoms with E-state index in [0.717, 1.165) is 44.6 Å². The van der Waals surface area contributed by atoms with Crippen LogP contribution in [0.25, 0.3) is 0 Å². The van der Waals surface area contributed by atoms with Gasteiger partial charge in [-0.3, -0.25) is 4.79 Å². The van der Waals surface area contributed by atoms with Gasteiger partial charge in [-0.05, 0) is 63.6 Å². The number of carbonyl (C=O) groups excluding carboxylic acids is 2. The number of rotatable bonds is 7. The number of carbonyl (C=O) groups is 2. The second kappa shape index (κ2) is 11.2. The molecule has 5 fully saturated rings. The van der Waals surface area contributed by atoms with Gasteiger partial charge in [0.1, 0.15) is 0 Å². The molecule has 39 heavy (non-hydrogen) atoms.